The van der Waals surface area contributed by atoms with Crippen LogP contribution in [0.2, 0.25) is 0 Å². The summed E-state index contributed by atoms with van der Waals surface area (Å²) < 4.78 is 10.9. The van der Waals surface area contributed by atoms with Gasteiger partial charge in [0.25, 0.3) is 0 Å². The summed E-state index contributed by atoms with van der Waals surface area (Å²) in [7, 11) is 1.64. The first-order valence-electron chi connectivity index (χ1n) is 8.52. The molecule has 0 amide bonds. The van der Waals surface area contributed by atoms with Gasteiger partial charge in [-0.1, -0.05) is 39.3 Å². The lowest BCUT2D eigenvalue weighted by molar-refractivity contribution is -0.149. The summed E-state index contributed by atoms with van der Waals surface area (Å²) in [6.07, 6.45) is 6.73. The van der Waals surface area contributed by atoms with Crippen LogP contribution in [0.3, 0.4) is 0 Å². The molecule has 3 nitrogen and oxygen atoms in total. The maximum absolute atomic E-state index is 12.1. The summed E-state index contributed by atoms with van der Waals surface area (Å²) in [5.74, 6) is 2.22. The Kier molecular flexibility index (Phi) is 6.26. The molecule has 3 heteroatoms. The third-order valence-corrected chi connectivity index (χ3v) is 4.76. The SMILES string of the molecule is COc1ccc(C=CC(=O)OC2CC(C)CCC2C(C)C)cc1. The molecule has 1 fully saturated rings. The van der Waals surface area contributed by atoms with Gasteiger partial charge in [0.2, 0.25) is 0 Å². The fraction of sp³-hybridized carbons (Fsp3) is 0.550. The highest BCUT2D eigenvalue weighted by Gasteiger charge is 2.32. The number of ether oxygens (including phenoxy) is 2. The van der Waals surface area contributed by atoms with Crippen molar-refractivity contribution in [2.45, 2.75) is 46.1 Å². The standard InChI is InChI=1S/C20H28O3/c1-14(2)18-11-5-15(3)13-19(18)23-20(21)12-8-16-6-9-17(22-4)10-7-16/h6-10,12,14-15,18-19H,5,11,13H2,1-4H3. The highest BCUT2D eigenvalue weighted by molar-refractivity contribution is 5.87. The van der Waals surface area contributed by atoms with Gasteiger partial charge in [0.15, 0.2) is 0 Å². The van der Waals surface area contributed by atoms with E-state index in [1.807, 2.05) is 24.3 Å². The summed E-state index contributed by atoms with van der Waals surface area (Å²) in [6, 6.07) is 7.59. The zero-order chi connectivity index (χ0) is 16.8. The summed E-state index contributed by atoms with van der Waals surface area (Å²) in [4.78, 5) is 12.1. The summed E-state index contributed by atoms with van der Waals surface area (Å²) in [5, 5.41) is 0. The van der Waals surface area contributed by atoms with Crippen molar-refractivity contribution < 1.29 is 14.3 Å². The van der Waals surface area contributed by atoms with E-state index in [-0.39, 0.29) is 12.1 Å². The maximum Gasteiger partial charge on any atom is 0.331 e. The van der Waals surface area contributed by atoms with Crippen molar-refractivity contribution in [3.8, 4) is 5.75 Å². The van der Waals surface area contributed by atoms with Crippen molar-refractivity contribution in [3.63, 3.8) is 0 Å². The van der Waals surface area contributed by atoms with Gasteiger partial charge in [0.05, 0.1) is 7.11 Å². The Balaban J connectivity index is 1.95. The van der Waals surface area contributed by atoms with Gasteiger partial charge >= 0.3 is 5.97 Å². The van der Waals surface area contributed by atoms with Crippen LogP contribution in [0.1, 0.15) is 45.6 Å². The topological polar surface area (TPSA) is 35.5 Å². The lowest BCUT2D eigenvalue weighted by Crippen LogP contribution is -2.35. The van der Waals surface area contributed by atoms with Gasteiger partial charge in [-0.2, -0.15) is 0 Å². The molecule has 0 spiro atoms. The van der Waals surface area contributed by atoms with Gasteiger partial charge in [-0.05, 0) is 54.4 Å². The molecule has 3 unspecified atom stereocenters. The first kappa shape index (κ1) is 17.6. The van der Waals surface area contributed by atoms with Crippen LogP contribution in [0.5, 0.6) is 5.75 Å². The highest BCUT2D eigenvalue weighted by Crippen LogP contribution is 2.35. The van der Waals surface area contributed by atoms with Crippen molar-refractivity contribution in [1.29, 1.82) is 0 Å². The molecule has 2 rings (SSSR count). The van der Waals surface area contributed by atoms with E-state index in [0.717, 1.165) is 24.2 Å². The molecule has 1 aromatic carbocycles. The fourth-order valence-electron chi connectivity index (χ4n) is 3.32. The molecule has 3 atom stereocenters. The van der Waals surface area contributed by atoms with Gasteiger partial charge in [-0.15, -0.1) is 0 Å². The van der Waals surface area contributed by atoms with Gasteiger partial charge in [0, 0.05) is 6.08 Å². The van der Waals surface area contributed by atoms with Gasteiger partial charge < -0.3 is 9.47 Å². The molecule has 0 aliphatic heterocycles. The van der Waals surface area contributed by atoms with Crippen LogP contribution >= 0.6 is 0 Å². The first-order valence-corrected chi connectivity index (χ1v) is 8.52. The predicted molar refractivity (Wildman–Crippen MR) is 93.3 cm³/mol. The summed E-state index contributed by atoms with van der Waals surface area (Å²) >= 11 is 0. The van der Waals surface area contributed by atoms with E-state index in [9.17, 15) is 4.79 Å². The number of methoxy groups -OCH3 is 1. The second-order valence-electron chi connectivity index (χ2n) is 6.91. The second-order valence-corrected chi connectivity index (χ2v) is 6.91. The van der Waals surface area contributed by atoms with Crippen LogP contribution in [0.25, 0.3) is 6.08 Å². The Bertz CT molecular complexity index is 530. The Morgan fingerprint density at radius 3 is 2.52 bits per heavy atom. The number of rotatable bonds is 5. The normalized spacial score (nSPS) is 24.8. The van der Waals surface area contributed by atoms with Crippen molar-refractivity contribution in [2.75, 3.05) is 7.11 Å². The van der Waals surface area contributed by atoms with E-state index < -0.39 is 0 Å². The predicted octanol–water partition coefficient (Wildman–Crippen LogP) is 4.71. The molecule has 1 aliphatic rings. The lowest BCUT2D eigenvalue weighted by Gasteiger charge is -2.36. The monoisotopic (exact) mass is 316 g/mol. The number of benzene rings is 1. The molecule has 0 radical (unpaired) electrons. The van der Waals surface area contributed by atoms with Gasteiger partial charge in [-0.25, -0.2) is 4.79 Å². The average molecular weight is 316 g/mol. The van der Waals surface area contributed by atoms with Crippen LogP contribution in [0.4, 0.5) is 0 Å². The third kappa shape index (κ3) is 5.12. The van der Waals surface area contributed by atoms with Crippen molar-refractivity contribution in [3.05, 3.63) is 35.9 Å². The number of hydrogen-bond acceptors (Lipinski definition) is 3. The quantitative estimate of drug-likeness (QED) is 0.583. The molecule has 126 valence electrons. The van der Waals surface area contributed by atoms with E-state index in [2.05, 4.69) is 20.8 Å². The van der Waals surface area contributed by atoms with E-state index >= 15 is 0 Å². The Morgan fingerprint density at radius 1 is 1.22 bits per heavy atom. The number of carbonyl (C=O) groups is 1. The van der Waals surface area contributed by atoms with E-state index in [4.69, 9.17) is 9.47 Å². The van der Waals surface area contributed by atoms with E-state index in [1.54, 1.807) is 13.2 Å². The summed E-state index contributed by atoms with van der Waals surface area (Å²) in [5.41, 5.74) is 0.958. The minimum atomic E-state index is -0.245. The first-order chi connectivity index (χ1) is 11.0. The zero-order valence-electron chi connectivity index (χ0n) is 14.6. The van der Waals surface area contributed by atoms with Crippen LogP contribution < -0.4 is 4.74 Å². The highest BCUT2D eigenvalue weighted by atomic mass is 16.5. The van der Waals surface area contributed by atoms with Gasteiger partial charge in [0.1, 0.15) is 11.9 Å². The number of carbonyl (C=O) groups excluding carboxylic acids is 1. The Labute approximate surface area is 139 Å². The molecule has 0 aromatic heterocycles. The molecule has 0 N–H and O–H groups in total. The Hall–Kier alpha value is -1.77. The van der Waals surface area contributed by atoms with Crippen molar-refractivity contribution in [2.24, 2.45) is 17.8 Å². The zero-order valence-corrected chi connectivity index (χ0v) is 14.6. The molecule has 0 heterocycles. The fourth-order valence-corrected chi connectivity index (χ4v) is 3.32. The van der Waals surface area contributed by atoms with Crippen LogP contribution in [-0.2, 0) is 9.53 Å². The lowest BCUT2D eigenvalue weighted by atomic mass is 9.75. The molecule has 1 aliphatic carbocycles. The molecular formula is C20H28O3. The van der Waals surface area contributed by atoms with Crippen LogP contribution in [0, 0.1) is 17.8 Å². The van der Waals surface area contributed by atoms with Crippen molar-refractivity contribution in [1.82, 2.24) is 0 Å². The third-order valence-electron chi connectivity index (χ3n) is 4.76. The molecule has 23 heavy (non-hydrogen) atoms. The largest absolute Gasteiger partial charge is 0.497 e. The Morgan fingerprint density at radius 2 is 1.91 bits per heavy atom. The van der Waals surface area contributed by atoms with Crippen molar-refractivity contribution >= 4 is 12.0 Å². The molecule has 0 saturated heterocycles. The maximum atomic E-state index is 12.1. The minimum absolute atomic E-state index is 0.0479. The number of hydrogen-bond donors (Lipinski definition) is 0. The molecule has 1 saturated carbocycles. The summed E-state index contributed by atoms with van der Waals surface area (Å²) in [6.45, 7) is 6.67. The average Bonchev–Trinajstić information content (AvgIpc) is 2.53. The smallest absolute Gasteiger partial charge is 0.331 e. The van der Waals surface area contributed by atoms with Gasteiger partial charge in [-0.3, -0.25) is 0 Å². The molecule has 0 bridgehead atoms. The number of esters is 1. The van der Waals surface area contributed by atoms with E-state index in [0.29, 0.717) is 17.8 Å². The molecular weight excluding hydrogens is 288 g/mol. The van der Waals surface area contributed by atoms with Crippen LogP contribution in [-0.4, -0.2) is 19.2 Å². The second kappa shape index (κ2) is 8.19. The van der Waals surface area contributed by atoms with E-state index in [1.165, 1.54) is 12.5 Å². The molecule has 1 aromatic rings. The minimum Gasteiger partial charge on any atom is -0.497 e. The van der Waals surface area contributed by atoms with Crippen LogP contribution in [0.15, 0.2) is 30.3 Å².